The van der Waals surface area contributed by atoms with E-state index < -0.39 is 17.9 Å². The highest BCUT2D eigenvalue weighted by Crippen LogP contribution is 2.11. The molecule has 140 valence electrons. The lowest BCUT2D eigenvalue weighted by Gasteiger charge is -2.04. The van der Waals surface area contributed by atoms with Gasteiger partial charge in [-0.2, -0.15) is 0 Å². The second-order valence-corrected chi connectivity index (χ2v) is 6.38. The molecule has 0 aliphatic heterocycles. The maximum Gasteiger partial charge on any atom is 0.313 e. The van der Waals surface area contributed by atoms with Gasteiger partial charge in [0.15, 0.2) is 0 Å². The van der Waals surface area contributed by atoms with Crippen LogP contribution in [0.4, 0.5) is 0 Å². The van der Waals surface area contributed by atoms with Crippen LogP contribution in [0.1, 0.15) is 103 Å². The Balaban J connectivity index is 3.36. The van der Waals surface area contributed by atoms with E-state index in [-0.39, 0.29) is 19.3 Å². The van der Waals surface area contributed by atoms with Crippen LogP contribution in [0.3, 0.4) is 0 Å². The first kappa shape index (κ1) is 22.6. The Morgan fingerprint density at radius 3 is 1.46 bits per heavy atom. The fraction of sp³-hybridized carbons (Fsp3) is 0.842. The number of aliphatic carboxylic acids is 1. The van der Waals surface area contributed by atoms with Gasteiger partial charge in [0.1, 0.15) is 0 Å². The van der Waals surface area contributed by atoms with Gasteiger partial charge in [-0.15, -0.1) is 0 Å². The predicted molar refractivity (Wildman–Crippen MR) is 93.7 cm³/mol. The summed E-state index contributed by atoms with van der Waals surface area (Å²) in [5.74, 6) is -1.88. The number of carboxylic acid groups (broad SMARTS) is 1. The molecule has 0 radical (unpaired) electrons. The molecule has 0 saturated heterocycles. The topological polar surface area (TPSA) is 80.7 Å². The summed E-state index contributed by atoms with van der Waals surface area (Å²) in [6, 6.07) is 0. The molecule has 5 heteroatoms. The van der Waals surface area contributed by atoms with Crippen molar-refractivity contribution in [1.29, 1.82) is 0 Å². The van der Waals surface area contributed by atoms with Crippen LogP contribution >= 0.6 is 0 Å². The number of esters is 2. The number of unbranched alkanes of at least 4 members (excludes halogenated alkanes) is 10. The Morgan fingerprint density at radius 1 is 0.625 bits per heavy atom. The highest BCUT2D eigenvalue weighted by atomic mass is 16.6. The third-order valence-corrected chi connectivity index (χ3v) is 3.98. The Morgan fingerprint density at radius 2 is 1.00 bits per heavy atom. The molecule has 0 spiro atoms. The van der Waals surface area contributed by atoms with Crippen molar-refractivity contribution in [1.82, 2.24) is 0 Å². The molecule has 0 aliphatic rings. The van der Waals surface area contributed by atoms with Crippen molar-refractivity contribution in [2.75, 3.05) is 0 Å². The standard InChI is InChI=1S/C19H34O5/c1-2-3-4-5-6-7-8-9-10-11-15-18(22)24-19(23)16-13-12-14-17(20)21/h2-16H2,1H3,(H,20,21). The van der Waals surface area contributed by atoms with Crippen LogP contribution in [-0.4, -0.2) is 23.0 Å². The molecule has 0 rings (SSSR count). The van der Waals surface area contributed by atoms with E-state index in [2.05, 4.69) is 6.92 Å². The van der Waals surface area contributed by atoms with E-state index in [1.165, 1.54) is 44.9 Å². The molecule has 0 aromatic heterocycles. The van der Waals surface area contributed by atoms with Gasteiger partial charge in [0.2, 0.25) is 0 Å². The minimum Gasteiger partial charge on any atom is -0.481 e. The number of ether oxygens (including phenoxy) is 1. The van der Waals surface area contributed by atoms with Gasteiger partial charge in [0, 0.05) is 19.3 Å². The maximum atomic E-state index is 11.5. The van der Waals surface area contributed by atoms with Crippen molar-refractivity contribution in [3.05, 3.63) is 0 Å². The van der Waals surface area contributed by atoms with E-state index in [1.807, 2.05) is 0 Å². The van der Waals surface area contributed by atoms with Gasteiger partial charge in [-0.25, -0.2) is 0 Å². The van der Waals surface area contributed by atoms with Crippen molar-refractivity contribution in [3.8, 4) is 0 Å². The molecule has 0 fully saturated rings. The van der Waals surface area contributed by atoms with E-state index in [9.17, 15) is 14.4 Å². The average Bonchev–Trinajstić information content (AvgIpc) is 2.53. The zero-order chi connectivity index (χ0) is 18.0. The van der Waals surface area contributed by atoms with E-state index >= 15 is 0 Å². The normalized spacial score (nSPS) is 10.5. The summed E-state index contributed by atoms with van der Waals surface area (Å²) in [6.45, 7) is 2.22. The van der Waals surface area contributed by atoms with Crippen LogP contribution in [0.15, 0.2) is 0 Å². The molecule has 0 atom stereocenters. The molecule has 0 saturated carbocycles. The van der Waals surface area contributed by atoms with E-state index in [1.54, 1.807) is 0 Å². The summed E-state index contributed by atoms with van der Waals surface area (Å²) >= 11 is 0. The number of rotatable bonds is 16. The molecule has 0 aliphatic carbocycles. The third kappa shape index (κ3) is 17.0. The quantitative estimate of drug-likeness (QED) is 0.242. The Hall–Kier alpha value is -1.39. The summed E-state index contributed by atoms with van der Waals surface area (Å²) in [7, 11) is 0. The van der Waals surface area contributed by atoms with Gasteiger partial charge < -0.3 is 9.84 Å². The van der Waals surface area contributed by atoms with Crippen LogP contribution < -0.4 is 0 Å². The molecule has 0 bridgehead atoms. The predicted octanol–water partition coefficient (Wildman–Crippen LogP) is 5.01. The maximum absolute atomic E-state index is 11.5. The number of hydrogen-bond acceptors (Lipinski definition) is 4. The summed E-state index contributed by atoms with van der Waals surface area (Å²) in [6.07, 6.45) is 13.3. The van der Waals surface area contributed by atoms with Crippen molar-refractivity contribution < 1.29 is 24.2 Å². The minimum atomic E-state index is -0.875. The Bertz CT molecular complexity index is 352. The third-order valence-electron chi connectivity index (χ3n) is 3.98. The molecule has 0 aromatic rings. The molecule has 5 nitrogen and oxygen atoms in total. The van der Waals surface area contributed by atoms with Crippen molar-refractivity contribution in [2.45, 2.75) is 103 Å². The molecule has 24 heavy (non-hydrogen) atoms. The van der Waals surface area contributed by atoms with Crippen molar-refractivity contribution >= 4 is 17.9 Å². The van der Waals surface area contributed by atoms with E-state index in [0.29, 0.717) is 12.8 Å². The van der Waals surface area contributed by atoms with Crippen LogP contribution in [0.2, 0.25) is 0 Å². The van der Waals surface area contributed by atoms with Crippen LogP contribution in [0.25, 0.3) is 0 Å². The van der Waals surface area contributed by atoms with Gasteiger partial charge in [-0.05, 0) is 19.3 Å². The zero-order valence-corrected chi connectivity index (χ0v) is 15.2. The summed E-state index contributed by atoms with van der Waals surface area (Å²) in [4.78, 5) is 33.2. The molecular formula is C19H34O5. The Kier molecular flexibility index (Phi) is 15.5. The summed E-state index contributed by atoms with van der Waals surface area (Å²) in [5.41, 5.74) is 0. The molecule has 0 unspecified atom stereocenters. The van der Waals surface area contributed by atoms with Gasteiger partial charge >= 0.3 is 17.9 Å². The molecular weight excluding hydrogens is 308 g/mol. The van der Waals surface area contributed by atoms with Gasteiger partial charge in [-0.1, -0.05) is 64.7 Å². The van der Waals surface area contributed by atoms with E-state index in [0.717, 1.165) is 19.3 Å². The monoisotopic (exact) mass is 342 g/mol. The first-order chi connectivity index (χ1) is 11.6. The number of hydrogen-bond donors (Lipinski definition) is 1. The number of carboxylic acids is 1. The Labute approximate surface area is 146 Å². The second-order valence-electron chi connectivity index (χ2n) is 6.38. The SMILES string of the molecule is CCCCCCCCCCCCC(=O)OC(=O)CCCCC(=O)O. The van der Waals surface area contributed by atoms with Crippen LogP contribution in [-0.2, 0) is 19.1 Å². The zero-order valence-electron chi connectivity index (χ0n) is 15.2. The van der Waals surface area contributed by atoms with E-state index in [4.69, 9.17) is 9.84 Å². The van der Waals surface area contributed by atoms with Gasteiger partial charge in [-0.3, -0.25) is 14.4 Å². The highest BCUT2D eigenvalue weighted by molar-refractivity contribution is 5.85. The average molecular weight is 342 g/mol. The molecule has 1 N–H and O–H groups in total. The number of carbonyl (C=O) groups is 3. The lowest BCUT2D eigenvalue weighted by atomic mass is 10.1. The first-order valence-corrected chi connectivity index (χ1v) is 9.51. The first-order valence-electron chi connectivity index (χ1n) is 9.51. The van der Waals surface area contributed by atoms with Crippen LogP contribution in [0, 0.1) is 0 Å². The lowest BCUT2D eigenvalue weighted by molar-refractivity contribution is -0.160. The van der Waals surface area contributed by atoms with Crippen molar-refractivity contribution in [2.24, 2.45) is 0 Å². The smallest absolute Gasteiger partial charge is 0.313 e. The van der Waals surface area contributed by atoms with Crippen LogP contribution in [0.5, 0.6) is 0 Å². The lowest BCUT2D eigenvalue weighted by Crippen LogP contribution is -2.12. The molecule has 0 aromatic carbocycles. The molecule has 0 heterocycles. The largest absolute Gasteiger partial charge is 0.481 e. The summed E-state index contributed by atoms with van der Waals surface area (Å²) in [5, 5.41) is 8.48. The summed E-state index contributed by atoms with van der Waals surface area (Å²) < 4.78 is 4.71. The molecule has 0 amide bonds. The minimum absolute atomic E-state index is 0.0415. The number of carbonyl (C=O) groups excluding carboxylic acids is 2. The highest BCUT2D eigenvalue weighted by Gasteiger charge is 2.10. The van der Waals surface area contributed by atoms with Gasteiger partial charge in [0.25, 0.3) is 0 Å². The van der Waals surface area contributed by atoms with Gasteiger partial charge in [0.05, 0.1) is 0 Å². The fourth-order valence-electron chi connectivity index (χ4n) is 2.53. The van der Waals surface area contributed by atoms with Crippen molar-refractivity contribution in [3.63, 3.8) is 0 Å². The fourth-order valence-corrected chi connectivity index (χ4v) is 2.53. The second kappa shape index (κ2) is 16.5.